The Morgan fingerprint density at radius 3 is 1.66 bits per heavy atom. The lowest BCUT2D eigenvalue weighted by molar-refractivity contribution is -0.124. The smallest absolute Gasteiger partial charge is 0.343 e. The average molecular weight is 1000 g/mol. The summed E-state index contributed by atoms with van der Waals surface area (Å²) in [6.07, 6.45) is 1.24. The van der Waals surface area contributed by atoms with Crippen LogP contribution in [0.5, 0.6) is 5.88 Å². The van der Waals surface area contributed by atoms with Crippen LogP contribution < -0.4 is 24.0 Å². The van der Waals surface area contributed by atoms with E-state index < -0.39 is 55.6 Å². The molecular formula is C45H51Cl2N7O11S2. The van der Waals surface area contributed by atoms with Crippen molar-refractivity contribution in [3.63, 3.8) is 0 Å². The normalized spacial score (nSPS) is 14.5. The number of pyridine rings is 2. The molecule has 2 amide bonds. The van der Waals surface area contributed by atoms with E-state index in [1.807, 2.05) is 9.80 Å². The number of piperidine rings is 2. The molecule has 4 heterocycles. The molecule has 0 atom stereocenters. The summed E-state index contributed by atoms with van der Waals surface area (Å²) in [5.74, 6) is -3.02. The van der Waals surface area contributed by atoms with Crippen molar-refractivity contribution in [1.29, 1.82) is 5.26 Å². The van der Waals surface area contributed by atoms with Crippen LogP contribution in [0.4, 0.5) is 11.6 Å². The lowest BCUT2D eigenvalue weighted by atomic mass is 9.96. The Hall–Kier alpha value is -6.01. The Morgan fingerprint density at radius 1 is 0.746 bits per heavy atom. The first-order chi connectivity index (χ1) is 31.8. The highest BCUT2D eigenvalue weighted by atomic mass is 35.5. The molecule has 2 aliphatic heterocycles. The lowest BCUT2D eigenvalue weighted by Gasteiger charge is -2.32. The molecule has 67 heavy (non-hydrogen) atoms. The highest BCUT2D eigenvalue weighted by Gasteiger charge is 2.32. The summed E-state index contributed by atoms with van der Waals surface area (Å²) < 4.78 is 69.2. The first-order valence-electron chi connectivity index (χ1n) is 21.2. The number of carbonyl (C=O) groups excluding carboxylic acids is 4. The molecule has 2 saturated heterocycles. The molecule has 6 rings (SSSR count). The molecule has 18 nitrogen and oxygen atoms in total. The van der Waals surface area contributed by atoms with Crippen molar-refractivity contribution in [2.75, 3.05) is 49.7 Å². The van der Waals surface area contributed by atoms with Gasteiger partial charge in [-0.05, 0) is 69.7 Å². The second-order valence-electron chi connectivity index (χ2n) is 15.8. The van der Waals surface area contributed by atoms with Crippen LogP contribution in [0.15, 0.2) is 72.8 Å². The van der Waals surface area contributed by atoms with E-state index in [0.29, 0.717) is 74.6 Å². The Morgan fingerprint density at radius 2 is 1.22 bits per heavy atom. The minimum atomic E-state index is -3.82. The number of amides is 2. The summed E-state index contributed by atoms with van der Waals surface area (Å²) in [6.45, 7) is 6.91. The molecule has 0 radical (unpaired) electrons. The van der Waals surface area contributed by atoms with Crippen LogP contribution in [0.25, 0.3) is 0 Å². The molecule has 2 aromatic heterocycles. The molecule has 2 N–H and O–H groups in total. The second-order valence-corrected chi connectivity index (χ2v) is 20.0. The quantitative estimate of drug-likeness (QED) is 0.105. The molecule has 4 aromatic rings. The minimum Gasteiger partial charge on any atom is -0.480 e. The summed E-state index contributed by atoms with van der Waals surface area (Å²) >= 11 is 12.5. The highest BCUT2D eigenvalue weighted by molar-refractivity contribution is 7.89. The minimum absolute atomic E-state index is 0.0188. The molecule has 0 saturated carbocycles. The number of hydrogen-bond donors (Lipinski definition) is 2. The third-order valence-electron chi connectivity index (χ3n) is 10.5. The molecular weight excluding hydrogens is 950 g/mol. The van der Waals surface area contributed by atoms with Gasteiger partial charge in [-0.15, -0.1) is 0 Å². The number of ether oxygens (including phenoxy) is 3. The predicted octanol–water partition coefficient (Wildman–Crippen LogP) is 5.82. The predicted molar refractivity (Wildman–Crippen MR) is 251 cm³/mol. The monoisotopic (exact) mass is 999 g/mol. The zero-order valence-electron chi connectivity index (χ0n) is 37.2. The van der Waals surface area contributed by atoms with Crippen LogP contribution in [-0.2, 0) is 50.6 Å². The van der Waals surface area contributed by atoms with Crippen molar-refractivity contribution in [3.8, 4) is 11.9 Å². The number of nitrogens with zero attached hydrogens (tertiary/aromatic N) is 5. The second kappa shape index (κ2) is 23.6. The summed E-state index contributed by atoms with van der Waals surface area (Å²) in [6, 6.07) is 22.2. The number of aromatic nitrogens is 2. The fourth-order valence-corrected chi connectivity index (χ4v) is 10.1. The van der Waals surface area contributed by atoms with Gasteiger partial charge in [-0.1, -0.05) is 83.9 Å². The number of rotatable bonds is 15. The number of esters is 2. The highest BCUT2D eigenvalue weighted by Crippen LogP contribution is 2.33. The Kier molecular flexibility index (Phi) is 18.3. The van der Waals surface area contributed by atoms with Crippen LogP contribution in [-0.4, -0.2) is 96.6 Å². The van der Waals surface area contributed by atoms with Crippen molar-refractivity contribution in [2.24, 2.45) is 11.8 Å². The van der Waals surface area contributed by atoms with Crippen LogP contribution in [0.3, 0.4) is 0 Å². The largest absolute Gasteiger partial charge is 0.480 e. The van der Waals surface area contributed by atoms with Gasteiger partial charge in [0, 0.05) is 38.0 Å². The molecule has 2 aromatic carbocycles. The number of methoxy groups -OCH3 is 1. The number of halogens is 2. The molecule has 0 unspecified atom stereocenters. The lowest BCUT2D eigenvalue weighted by Crippen LogP contribution is -2.43. The van der Waals surface area contributed by atoms with Gasteiger partial charge in [0.2, 0.25) is 37.7 Å². The van der Waals surface area contributed by atoms with Crippen molar-refractivity contribution in [3.05, 3.63) is 111 Å². The van der Waals surface area contributed by atoms with Gasteiger partial charge in [0.25, 0.3) is 0 Å². The molecule has 22 heteroatoms. The molecule has 2 aliphatic rings. The van der Waals surface area contributed by atoms with Crippen molar-refractivity contribution < 1.29 is 50.2 Å². The number of nitrogens with one attached hydrogen (secondary N) is 2. The first kappa shape index (κ1) is 52.0. The van der Waals surface area contributed by atoms with E-state index in [2.05, 4.69) is 25.5 Å². The third kappa shape index (κ3) is 14.7. The van der Waals surface area contributed by atoms with Gasteiger partial charge in [0.1, 0.15) is 22.6 Å². The van der Waals surface area contributed by atoms with E-state index in [0.717, 1.165) is 0 Å². The number of hydrogen-bond acceptors (Lipinski definition) is 16. The number of nitriles is 1. The van der Waals surface area contributed by atoms with Crippen molar-refractivity contribution >= 4 is 78.6 Å². The van der Waals surface area contributed by atoms with E-state index in [1.165, 1.54) is 19.2 Å². The van der Waals surface area contributed by atoms with Gasteiger partial charge in [-0.25, -0.2) is 31.4 Å². The zero-order valence-corrected chi connectivity index (χ0v) is 40.4. The Labute approximate surface area is 400 Å². The van der Waals surface area contributed by atoms with Gasteiger partial charge in [0.15, 0.2) is 5.82 Å². The zero-order chi connectivity index (χ0) is 48.9. The first-order valence-corrected chi connectivity index (χ1v) is 25.3. The van der Waals surface area contributed by atoms with Crippen molar-refractivity contribution in [1.82, 2.24) is 19.4 Å². The standard InChI is InChI=1S/C24H28N4O6S.C21H23Cl2N3O5S/c1-16(2)34-24(30)20-13-19(14-25)21(26-23(20)33-3)28-11-9-18(10-12-28)22(29)27-35(31,32)15-17-7-5-4-6-8-17;1-2-31-21(28)16-12-17(22)19(24-18(16)23)26-10-8-15(9-11-26)20(27)25-32(29,30)13-14-6-4-3-5-7-14/h4-8,13,16,18H,9-12,15H2,1-3H3,(H,27,29);3-7,12,15H,2,8-11,13H2,1H3,(H,25,27). The molecule has 0 aliphatic carbocycles. The van der Waals surface area contributed by atoms with E-state index >= 15 is 0 Å². The SMILES string of the molecule is CCOC(=O)c1cc(Cl)c(N2CCC(C(=O)NS(=O)(=O)Cc3ccccc3)CC2)nc1Cl.COc1nc(N2CCC(C(=O)NS(=O)(=O)Cc3ccccc3)CC2)c(C#N)cc1C(=O)OC(C)C. The van der Waals surface area contributed by atoms with E-state index in [-0.39, 0.29) is 57.0 Å². The van der Waals surface area contributed by atoms with Crippen LogP contribution in [0.2, 0.25) is 10.2 Å². The maximum absolute atomic E-state index is 12.6. The fraction of sp³-hybridized carbons (Fsp3) is 0.400. The molecule has 0 spiro atoms. The van der Waals surface area contributed by atoms with Gasteiger partial charge in [-0.3, -0.25) is 19.0 Å². The van der Waals surface area contributed by atoms with E-state index in [4.69, 9.17) is 37.4 Å². The topological polar surface area (TPSA) is 244 Å². The van der Waals surface area contributed by atoms with Gasteiger partial charge >= 0.3 is 11.9 Å². The Balaban J connectivity index is 0.000000252. The van der Waals surface area contributed by atoms with E-state index in [9.17, 15) is 41.3 Å². The average Bonchev–Trinajstić information content (AvgIpc) is 3.29. The molecule has 2 fully saturated rings. The molecule has 358 valence electrons. The summed E-state index contributed by atoms with van der Waals surface area (Å²) in [5.41, 5.74) is 1.51. The summed E-state index contributed by atoms with van der Waals surface area (Å²) in [7, 11) is -6.23. The van der Waals surface area contributed by atoms with Gasteiger partial charge in [0.05, 0.1) is 47.5 Å². The third-order valence-corrected chi connectivity index (χ3v) is 13.5. The van der Waals surface area contributed by atoms with Crippen LogP contribution in [0, 0.1) is 23.2 Å². The fourth-order valence-electron chi connectivity index (χ4n) is 7.26. The van der Waals surface area contributed by atoms with Crippen molar-refractivity contribution in [2.45, 2.75) is 64.1 Å². The summed E-state index contributed by atoms with van der Waals surface area (Å²) in [4.78, 5) is 61.8. The number of sulfonamides is 2. The summed E-state index contributed by atoms with van der Waals surface area (Å²) in [5, 5.41) is 9.87. The number of benzene rings is 2. The Bertz CT molecular complexity index is 2670. The van der Waals surface area contributed by atoms with Gasteiger partial charge < -0.3 is 24.0 Å². The van der Waals surface area contributed by atoms with Crippen LogP contribution >= 0.6 is 23.2 Å². The maximum Gasteiger partial charge on any atom is 0.343 e. The van der Waals surface area contributed by atoms with Crippen LogP contribution in [0.1, 0.15) is 83.9 Å². The number of carbonyl (C=O) groups is 4. The maximum atomic E-state index is 12.6. The van der Waals surface area contributed by atoms with E-state index in [1.54, 1.807) is 81.4 Å². The van der Waals surface area contributed by atoms with Gasteiger partial charge in [-0.2, -0.15) is 10.2 Å². The molecule has 0 bridgehead atoms. The number of anilines is 2.